The van der Waals surface area contributed by atoms with Crippen molar-refractivity contribution in [1.82, 2.24) is 15.1 Å². The highest BCUT2D eigenvalue weighted by Gasteiger charge is 2.24. The summed E-state index contributed by atoms with van der Waals surface area (Å²) in [4.78, 5) is 17.1. The monoisotopic (exact) mass is 351 g/mol. The topological polar surface area (TPSA) is 35.6 Å². The molecule has 0 bridgehead atoms. The molecule has 2 aliphatic heterocycles. The normalized spacial score (nSPS) is 22.0. The number of nitrogens with zero attached hydrogens (tertiary/aromatic N) is 2. The first-order valence-corrected chi connectivity index (χ1v) is 9.07. The average Bonchev–Trinajstić information content (AvgIpc) is 2.63. The number of halogens is 1. The summed E-state index contributed by atoms with van der Waals surface area (Å²) in [5.41, 5.74) is 2.11. The number of benzene rings is 1. The molecule has 0 aromatic heterocycles. The van der Waals surface area contributed by atoms with Crippen LogP contribution in [-0.4, -0.2) is 61.5 Å². The van der Waals surface area contributed by atoms with Crippen molar-refractivity contribution in [2.45, 2.75) is 26.2 Å². The summed E-state index contributed by atoms with van der Waals surface area (Å²) in [6, 6.07) is 8.08. The number of rotatable bonds is 4. The number of nitrogens with one attached hydrogen (secondary N) is 1. The Kier molecular flexibility index (Phi) is 7.53. The number of amides is 1. The molecule has 1 aromatic carbocycles. The van der Waals surface area contributed by atoms with Gasteiger partial charge in [-0.25, -0.2) is 0 Å². The summed E-state index contributed by atoms with van der Waals surface area (Å²) >= 11 is 0. The highest BCUT2D eigenvalue weighted by molar-refractivity contribution is 5.94. The maximum absolute atomic E-state index is 12.6. The van der Waals surface area contributed by atoms with Crippen LogP contribution in [0.15, 0.2) is 24.3 Å². The number of hydrogen-bond acceptors (Lipinski definition) is 3. The number of carbonyl (C=O) groups is 1. The van der Waals surface area contributed by atoms with Crippen LogP contribution in [0, 0.1) is 5.92 Å². The van der Waals surface area contributed by atoms with E-state index in [0.717, 1.165) is 50.6 Å². The molecule has 0 aliphatic carbocycles. The van der Waals surface area contributed by atoms with Gasteiger partial charge in [-0.15, -0.1) is 12.4 Å². The fraction of sp³-hybridized carbons (Fsp3) is 0.632. The van der Waals surface area contributed by atoms with E-state index in [4.69, 9.17) is 0 Å². The van der Waals surface area contributed by atoms with Gasteiger partial charge in [0.1, 0.15) is 0 Å². The van der Waals surface area contributed by atoms with E-state index in [0.29, 0.717) is 0 Å². The SMILES string of the molecule is CCc1ccc(C(=O)N2CCN(CC3CCCNC3)CC2)cc1.Cl. The molecule has 2 aliphatic rings. The second-order valence-electron chi connectivity index (χ2n) is 6.86. The van der Waals surface area contributed by atoms with E-state index in [1.807, 2.05) is 17.0 Å². The molecule has 2 heterocycles. The van der Waals surface area contributed by atoms with Crippen LogP contribution in [0.1, 0.15) is 35.7 Å². The lowest BCUT2D eigenvalue weighted by atomic mass is 9.99. The molecular weight excluding hydrogens is 322 g/mol. The molecule has 1 aromatic rings. The minimum atomic E-state index is 0. The predicted octanol–water partition coefficient (Wildman–Crippen LogP) is 2.43. The van der Waals surface area contributed by atoms with E-state index in [-0.39, 0.29) is 18.3 Å². The van der Waals surface area contributed by atoms with Gasteiger partial charge < -0.3 is 10.2 Å². The largest absolute Gasteiger partial charge is 0.336 e. The number of aryl methyl sites for hydroxylation is 1. The highest BCUT2D eigenvalue weighted by Crippen LogP contribution is 2.15. The molecule has 3 rings (SSSR count). The molecule has 0 spiro atoms. The number of piperazine rings is 1. The number of carbonyl (C=O) groups excluding carboxylic acids is 1. The molecule has 4 nitrogen and oxygen atoms in total. The Morgan fingerprint density at radius 2 is 1.88 bits per heavy atom. The summed E-state index contributed by atoms with van der Waals surface area (Å²) in [6.45, 7) is 9.38. The third-order valence-electron chi connectivity index (χ3n) is 5.18. The van der Waals surface area contributed by atoms with Crippen LogP contribution in [0.25, 0.3) is 0 Å². The van der Waals surface area contributed by atoms with Crippen LogP contribution in [0.4, 0.5) is 0 Å². The summed E-state index contributed by atoms with van der Waals surface area (Å²) in [5, 5.41) is 3.49. The molecule has 1 unspecified atom stereocenters. The van der Waals surface area contributed by atoms with Crippen molar-refractivity contribution >= 4 is 18.3 Å². The molecule has 0 saturated carbocycles. The van der Waals surface area contributed by atoms with Gasteiger partial charge in [-0.2, -0.15) is 0 Å². The van der Waals surface area contributed by atoms with Gasteiger partial charge in [-0.05, 0) is 56.0 Å². The molecular formula is C19H30ClN3O. The second-order valence-corrected chi connectivity index (χ2v) is 6.86. The Hall–Kier alpha value is -1.10. The second kappa shape index (κ2) is 9.40. The van der Waals surface area contributed by atoms with Crippen LogP contribution in [0.3, 0.4) is 0 Å². The zero-order chi connectivity index (χ0) is 16.1. The van der Waals surface area contributed by atoms with Crippen molar-refractivity contribution in [2.75, 3.05) is 45.8 Å². The van der Waals surface area contributed by atoms with E-state index >= 15 is 0 Å². The minimum Gasteiger partial charge on any atom is -0.336 e. The van der Waals surface area contributed by atoms with Gasteiger partial charge in [-0.1, -0.05) is 19.1 Å². The predicted molar refractivity (Wildman–Crippen MR) is 101 cm³/mol. The lowest BCUT2D eigenvalue weighted by molar-refractivity contribution is 0.0610. The van der Waals surface area contributed by atoms with Crippen LogP contribution < -0.4 is 5.32 Å². The fourth-order valence-corrected chi connectivity index (χ4v) is 3.64. The Balaban J connectivity index is 0.00000208. The summed E-state index contributed by atoms with van der Waals surface area (Å²) in [6.07, 6.45) is 3.66. The smallest absolute Gasteiger partial charge is 0.253 e. The first-order valence-electron chi connectivity index (χ1n) is 9.07. The van der Waals surface area contributed by atoms with Crippen LogP contribution in [-0.2, 0) is 6.42 Å². The Bertz CT molecular complexity index is 506. The van der Waals surface area contributed by atoms with E-state index < -0.39 is 0 Å². The third-order valence-corrected chi connectivity index (χ3v) is 5.18. The zero-order valence-electron chi connectivity index (χ0n) is 14.7. The number of hydrogen-bond donors (Lipinski definition) is 1. The molecule has 1 atom stereocenters. The van der Waals surface area contributed by atoms with Crippen LogP contribution in [0.2, 0.25) is 0 Å². The maximum atomic E-state index is 12.6. The van der Waals surface area contributed by atoms with E-state index in [9.17, 15) is 4.79 Å². The quantitative estimate of drug-likeness (QED) is 0.905. The third kappa shape index (κ3) is 4.95. The molecule has 2 saturated heterocycles. The van der Waals surface area contributed by atoms with Crippen molar-refractivity contribution in [3.05, 3.63) is 35.4 Å². The van der Waals surface area contributed by atoms with Crippen LogP contribution >= 0.6 is 12.4 Å². The van der Waals surface area contributed by atoms with Crippen molar-refractivity contribution in [2.24, 2.45) is 5.92 Å². The molecule has 2 fully saturated rings. The fourth-order valence-electron chi connectivity index (χ4n) is 3.64. The van der Waals surface area contributed by atoms with Gasteiger partial charge in [0.2, 0.25) is 0 Å². The molecule has 24 heavy (non-hydrogen) atoms. The van der Waals surface area contributed by atoms with E-state index in [1.54, 1.807) is 0 Å². The van der Waals surface area contributed by atoms with Crippen molar-refractivity contribution in [3.8, 4) is 0 Å². The zero-order valence-corrected chi connectivity index (χ0v) is 15.5. The summed E-state index contributed by atoms with van der Waals surface area (Å²) < 4.78 is 0. The Morgan fingerprint density at radius 3 is 2.46 bits per heavy atom. The van der Waals surface area contributed by atoms with E-state index in [1.165, 1.54) is 31.5 Å². The van der Waals surface area contributed by atoms with Crippen LogP contribution in [0.5, 0.6) is 0 Å². The van der Waals surface area contributed by atoms with Crippen molar-refractivity contribution in [3.63, 3.8) is 0 Å². The van der Waals surface area contributed by atoms with Gasteiger partial charge >= 0.3 is 0 Å². The lowest BCUT2D eigenvalue weighted by Crippen LogP contribution is -2.50. The molecule has 5 heteroatoms. The summed E-state index contributed by atoms with van der Waals surface area (Å²) in [7, 11) is 0. The molecule has 134 valence electrons. The van der Waals surface area contributed by atoms with Gasteiger partial charge in [0, 0.05) is 38.3 Å². The van der Waals surface area contributed by atoms with Crippen molar-refractivity contribution < 1.29 is 4.79 Å². The van der Waals surface area contributed by atoms with Gasteiger partial charge in [0.15, 0.2) is 0 Å². The Labute approximate surface area is 152 Å². The first-order chi connectivity index (χ1) is 11.3. The molecule has 1 amide bonds. The highest BCUT2D eigenvalue weighted by atomic mass is 35.5. The minimum absolute atomic E-state index is 0. The lowest BCUT2D eigenvalue weighted by Gasteiger charge is -2.37. The van der Waals surface area contributed by atoms with Crippen molar-refractivity contribution in [1.29, 1.82) is 0 Å². The van der Waals surface area contributed by atoms with E-state index in [2.05, 4.69) is 29.3 Å². The molecule has 1 N–H and O–H groups in total. The van der Waals surface area contributed by atoms with Gasteiger partial charge in [-0.3, -0.25) is 9.69 Å². The van der Waals surface area contributed by atoms with Gasteiger partial charge in [0.25, 0.3) is 5.91 Å². The summed E-state index contributed by atoms with van der Waals surface area (Å²) in [5.74, 6) is 0.972. The number of piperidine rings is 1. The average molecular weight is 352 g/mol. The standard InChI is InChI=1S/C19H29N3O.ClH/c1-2-16-5-7-18(8-6-16)19(23)22-12-10-21(11-13-22)15-17-4-3-9-20-14-17;/h5-8,17,20H,2-4,9-15H2,1H3;1H. The Morgan fingerprint density at radius 1 is 1.17 bits per heavy atom. The molecule has 0 radical (unpaired) electrons. The maximum Gasteiger partial charge on any atom is 0.253 e. The first kappa shape index (κ1) is 19.2. The van der Waals surface area contributed by atoms with Gasteiger partial charge in [0.05, 0.1) is 0 Å².